The fraction of sp³-hybridized carbons (Fsp3) is 0.636. The summed E-state index contributed by atoms with van der Waals surface area (Å²) in [4.78, 5) is 0. The molecule has 80 valence electrons. The first kappa shape index (κ1) is 11.3. The highest BCUT2D eigenvalue weighted by Gasteiger charge is 2.07. The van der Waals surface area contributed by atoms with Gasteiger partial charge in [0.1, 0.15) is 18.1 Å². The quantitative estimate of drug-likeness (QED) is 0.758. The molecule has 1 atom stereocenters. The maximum absolute atomic E-state index is 8.80. The zero-order valence-electron chi connectivity index (χ0n) is 9.08. The van der Waals surface area contributed by atoms with Gasteiger partial charge in [-0.2, -0.15) is 0 Å². The number of aliphatic hydroxyl groups excluding tert-OH is 1. The first-order chi connectivity index (χ1) is 6.63. The summed E-state index contributed by atoms with van der Waals surface area (Å²) in [6, 6.07) is 4.17. The van der Waals surface area contributed by atoms with E-state index in [1.54, 1.807) is 6.07 Å². The van der Waals surface area contributed by atoms with Crippen molar-refractivity contribution in [3.8, 4) is 0 Å². The number of nitrogens with one attached hydrogen (secondary N) is 1. The number of rotatable bonds is 5. The van der Waals surface area contributed by atoms with Gasteiger partial charge < -0.3 is 14.8 Å². The van der Waals surface area contributed by atoms with Crippen LogP contribution in [0.5, 0.6) is 0 Å². The molecule has 0 saturated carbocycles. The molecule has 0 spiro atoms. The predicted molar refractivity (Wildman–Crippen MR) is 55.8 cm³/mol. The van der Waals surface area contributed by atoms with E-state index in [2.05, 4.69) is 26.1 Å². The lowest BCUT2D eigenvalue weighted by atomic mass is 10.1. The summed E-state index contributed by atoms with van der Waals surface area (Å²) >= 11 is 0. The largest absolute Gasteiger partial charge is 0.462 e. The molecule has 2 N–H and O–H groups in total. The van der Waals surface area contributed by atoms with Crippen LogP contribution < -0.4 is 5.32 Å². The summed E-state index contributed by atoms with van der Waals surface area (Å²) in [5, 5.41) is 12.2. The van der Waals surface area contributed by atoms with Crippen molar-refractivity contribution in [2.45, 2.75) is 40.0 Å². The van der Waals surface area contributed by atoms with Crippen molar-refractivity contribution in [3.05, 3.63) is 23.7 Å². The van der Waals surface area contributed by atoms with Gasteiger partial charge in [0.2, 0.25) is 0 Å². The molecule has 0 aliphatic heterocycles. The van der Waals surface area contributed by atoms with Crippen molar-refractivity contribution in [2.24, 2.45) is 5.92 Å². The molecule has 0 amide bonds. The third-order valence-corrected chi connectivity index (χ3v) is 2.47. The van der Waals surface area contributed by atoms with Gasteiger partial charge in [-0.05, 0) is 25.0 Å². The van der Waals surface area contributed by atoms with E-state index in [0.29, 0.717) is 17.7 Å². The van der Waals surface area contributed by atoms with E-state index < -0.39 is 0 Å². The van der Waals surface area contributed by atoms with Crippen molar-refractivity contribution in [1.29, 1.82) is 0 Å². The molecule has 3 heteroatoms. The van der Waals surface area contributed by atoms with Crippen LogP contribution in [0.4, 0.5) is 0 Å². The average molecular weight is 197 g/mol. The van der Waals surface area contributed by atoms with Gasteiger partial charge in [-0.25, -0.2) is 0 Å². The predicted octanol–water partition coefficient (Wildman–Crippen LogP) is 1.91. The molecule has 0 aliphatic carbocycles. The summed E-state index contributed by atoms with van der Waals surface area (Å²) in [6.45, 7) is 7.21. The molecule has 0 saturated heterocycles. The van der Waals surface area contributed by atoms with Crippen LogP contribution in [-0.4, -0.2) is 11.1 Å². The van der Waals surface area contributed by atoms with Gasteiger partial charge in [0.25, 0.3) is 0 Å². The lowest BCUT2D eigenvalue weighted by Gasteiger charge is -2.16. The Hall–Kier alpha value is -0.800. The zero-order valence-corrected chi connectivity index (χ0v) is 9.08. The maximum Gasteiger partial charge on any atom is 0.129 e. The first-order valence-electron chi connectivity index (χ1n) is 5.05. The minimum Gasteiger partial charge on any atom is -0.462 e. The van der Waals surface area contributed by atoms with E-state index in [-0.39, 0.29) is 6.61 Å². The second kappa shape index (κ2) is 5.17. The molecule has 0 bridgehead atoms. The molecule has 1 rings (SSSR count). The van der Waals surface area contributed by atoms with Gasteiger partial charge in [-0.1, -0.05) is 13.8 Å². The molecule has 0 fully saturated rings. The Kier molecular flexibility index (Phi) is 4.17. The Morgan fingerprint density at radius 2 is 1.93 bits per heavy atom. The van der Waals surface area contributed by atoms with Gasteiger partial charge in [-0.3, -0.25) is 0 Å². The van der Waals surface area contributed by atoms with Gasteiger partial charge in [-0.15, -0.1) is 0 Å². The molecule has 0 unspecified atom stereocenters. The number of hydrogen-bond donors (Lipinski definition) is 2. The van der Waals surface area contributed by atoms with Crippen LogP contribution in [0.2, 0.25) is 0 Å². The maximum atomic E-state index is 8.80. The number of aliphatic hydroxyl groups is 1. The van der Waals surface area contributed by atoms with Crippen LogP contribution in [0.15, 0.2) is 16.5 Å². The Labute approximate surface area is 85.1 Å². The van der Waals surface area contributed by atoms with E-state index in [4.69, 9.17) is 9.52 Å². The molecule has 1 aromatic rings. The van der Waals surface area contributed by atoms with Crippen LogP contribution in [0.3, 0.4) is 0 Å². The highest BCUT2D eigenvalue weighted by atomic mass is 16.4. The second-order valence-corrected chi connectivity index (χ2v) is 3.94. The lowest BCUT2D eigenvalue weighted by molar-refractivity contribution is 0.242. The lowest BCUT2D eigenvalue weighted by Crippen LogP contribution is -2.29. The SMILES string of the molecule is CC(C)[C@@H](C)NCc1ccc(CO)o1. The van der Waals surface area contributed by atoms with Crippen LogP contribution in [0.25, 0.3) is 0 Å². The van der Waals surface area contributed by atoms with Gasteiger partial charge >= 0.3 is 0 Å². The van der Waals surface area contributed by atoms with Gasteiger partial charge in [0.15, 0.2) is 0 Å². The van der Waals surface area contributed by atoms with E-state index in [9.17, 15) is 0 Å². The van der Waals surface area contributed by atoms with Crippen molar-refractivity contribution >= 4 is 0 Å². The number of furan rings is 1. The molecule has 1 aromatic heterocycles. The number of hydrogen-bond acceptors (Lipinski definition) is 3. The molecular weight excluding hydrogens is 178 g/mol. The van der Waals surface area contributed by atoms with Gasteiger partial charge in [0.05, 0.1) is 6.54 Å². The fourth-order valence-corrected chi connectivity index (χ4v) is 1.10. The van der Waals surface area contributed by atoms with Crippen LogP contribution in [0.1, 0.15) is 32.3 Å². The average Bonchev–Trinajstić information content (AvgIpc) is 2.61. The summed E-state index contributed by atoms with van der Waals surface area (Å²) in [6.07, 6.45) is 0. The van der Waals surface area contributed by atoms with Crippen LogP contribution in [0, 0.1) is 5.92 Å². The van der Waals surface area contributed by atoms with Crippen LogP contribution >= 0.6 is 0 Å². The molecular formula is C11H19NO2. The summed E-state index contributed by atoms with van der Waals surface area (Å²) < 4.78 is 5.35. The minimum absolute atomic E-state index is 0.0280. The monoisotopic (exact) mass is 197 g/mol. The minimum atomic E-state index is -0.0280. The van der Waals surface area contributed by atoms with E-state index >= 15 is 0 Å². The molecule has 14 heavy (non-hydrogen) atoms. The smallest absolute Gasteiger partial charge is 0.129 e. The summed E-state index contributed by atoms with van der Waals surface area (Å²) in [5.74, 6) is 2.11. The Morgan fingerprint density at radius 3 is 2.43 bits per heavy atom. The molecule has 0 radical (unpaired) electrons. The standard InChI is InChI=1S/C11H19NO2/c1-8(2)9(3)12-6-10-4-5-11(7-13)14-10/h4-5,8-9,12-13H,6-7H2,1-3H3/t9-/m1/s1. The van der Waals surface area contributed by atoms with Crippen molar-refractivity contribution < 1.29 is 9.52 Å². The van der Waals surface area contributed by atoms with E-state index in [0.717, 1.165) is 12.3 Å². The van der Waals surface area contributed by atoms with Crippen molar-refractivity contribution in [3.63, 3.8) is 0 Å². The topological polar surface area (TPSA) is 45.4 Å². The zero-order chi connectivity index (χ0) is 10.6. The summed E-state index contributed by atoms with van der Waals surface area (Å²) in [5.41, 5.74) is 0. The van der Waals surface area contributed by atoms with Gasteiger partial charge in [0, 0.05) is 6.04 Å². The van der Waals surface area contributed by atoms with E-state index in [1.165, 1.54) is 0 Å². The Bertz CT molecular complexity index is 268. The fourth-order valence-electron chi connectivity index (χ4n) is 1.10. The highest BCUT2D eigenvalue weighted by Crippen LogP contribution is 2.08. The second-order valence-electron chi connectivity index (χ2n) is 3.94. The molecule has 0 aliphatic rings. The van der Waals surface area contributed by atoms with Crippen LogP contribution in [-0.2, 0) is 13.2 Å². The van der Waals surface area contributed by atoms with Crippen molar-refractivity contribution in [1.82, 2.24) is 5.32 Å². The third-order valence-electron chi connectivity index (χ3n) is 2.47. The third kappa shape index (κ3) is 3.16. The Balaban J connectivity index is 2.37. The van der Waals surface area contributed by atoms with Crippen molar-refractivity contribution in [2.75, 3.05) is 0 Å². The highest BCUT2D eigenvalue weighted by molar-refractivity contribution is 5.06. The molecule has 0 aromatic carbocycles. The summed E-state index contributed by atoms with van der Waals surface area (Å²) in [7, 11) is 0. The normalized spacial score (nSPS) is 13.5. The Morgan fingerprint density at radius 1 is 1.29 bits per heavy atom. The molecule has 1 heterocycles. The van der Waals surface area contributed by atoms with E-state index in [1.807, 2.05) is 6.07 Å². The first-order valence-corrected chi connectivity index (χ1v) is 5.05. The molecule has 3 nitrogen and oxygen atoms in total.